The lowest BCUT2D eigenvalue weighted by Crippen LogP contribution is -1.80. The summed E-state index contributed by atoms with van der Waals surface area (Å²) >= 11 is 0. The van der Waals surface area contributed by atoms with Crippen molar-refractivity contribution in [3.05, 3.63) is 24.3 Å². The van der Waals surface area contributed by atoms with Crippen LogP contribution in [0.15, 0.2) is 24.3 Å². The largest absolute Gasteiger partial charge is 0.396 e. The van der Waals surface area contributed by atoms with E-state index in [0.29, 0.717) is 6.61 Å². The van der Waals surface area contributed by atoms with E-state index in [1.165, 1.54) is 51.4 Å². The SMILES string of the molecule is CCCCCCCCC=CCCC=CCCCCO. The monoisotopic (exact) mass is 266 g/mol. The quantitative estimate of drug-likeness (QED) is 0.311. The Morgan fingerprint density at radius 3 is 1.63 bits per heavy atom. The number of hydrogen-bond acceptors (Lipinski definition) is 1. The summed E-state index contributed by atoms with van der Waals surface area (Å²) in [4.78, 5) is 0. The fourth-order valence-electron chi connectivity index (χ4n) is 2.08. The summed E-state index contributed by atoms with van der Waals surface area (Å²) < 4.78 is 0. The number of unbranched alkanes of at least 4 members (excludes halogenated alkanes) is 9. The van der Waals surface area contributed by atoms with Crippen LogP contribution in [0.5, 0.6) is 0 Å². The average Bonchev–Trinajstić information content (AvgIpc) is 2.43. The number of rotatable bonds is 14. The van der Waals surface area contributed by atoms with Crippen molar-refractivity contribution in [2.45, 2.75) is 84.0 Å². The first-order chi connectivity index (χ1) is 9.41. The van der Waals surface area contributed by atoms with Crippen LogP contribution in [0.25, 0.3) is 0 Å². The Morgan fingerprint density at radius 2 is 1.05 bits per heavy atom. The molecule has 0 unspecified atom stereocenters. The van der Waals surface area contributed by atoms with E-state index in [2.05, 4.69) is 31.2 Å². The third kappa shape index (κ3) is 17.4. The minimum Gasteiger partial charge on any atom is -0.396 e. The highest BCUT2D eigenvalue weighted by Gasteiger charge is 1.88. The molecule has 0 bridgehead atoms. The van der Waals surface area contributed by atoms with E-state index >= 15 is 0 Å². The van der Waals surface area contributed by atoms with Crippen LogP contribution in [0, 0.1) is 0 Å². The molecule has 0 saturated heterocycles. The van der Waals surface area contributed by atoms with Gasteiger partial charge in [-0.1, -0.05) is 63.3 Å². The molecule has 0 atom stereocenters. The molecule has 0 heterocycles. The highest BCUT2D eigenvalue weighted by Crippen LogP contribution is 2.07. The number of aliphatic hydroxyl groups excluding tert-OH is 1. The second-order valence-electron chi connectivity index (χ2n) is 5.30. The lowest BCUT2D eigenvalue weighted by molar-refractivity contribution is 0.285. The van der Waals surface area contributed by atoms with Crippen molar-refractivity contribution in [1.82, 2.24) is 0 Å². The van der Waals surface area contributed by atoms with Gasteiger partial charge >= 0.3 is 0 Å². The minimum absolute atomic E-state index is 0.328. The van der Waals surface area contributed by atoms with Gasteiger partial charge in [0.2, 0.25) is 0 Å². The zero-order chi connectivity index (χ0) is 14.0. The first-order valence-corrected chi connectivity index (χ1v) is 8.32. The Morgan fingerprint density at radius 1 is 0.579 bits per heavy atom. The van der Waals surface area contributed by atoms with Crippen molar-refractivity contribution in [1.29, 1.82) is 0 Å². The lowest BCUT2D eigenvalue weighted by atomic mass is 10.1. The molecular weight excluding hydrogens is 232 g/mol. The van der Waals surface area contributed by atoms with Crippen molar-refractivity contribution < 1.29 is 5.11 Å². The van der Waals surface area contributed by atoms with Crippen molar-refractivity contribution >= 4 is 0 Å². The van der Waals surface area contributed by atoms with Crippen molar-refractivity contribution in [3.8, 4) is 0 Å². The molecule has 0 fully saturated rings. The van der Waals surface area contributed by atoms with E-state index in [9.17, 15) is 0 Å². The second-order valence-corrected chi connectivity index (χ2v) is 5.30. The summed E-state index contributed by atoms with van der Waals surface area (Å²) in [5.41, 5.74) is 0. The summed E-state index contributed by atoms with van der Waals surface area (Å²) in [5.74, 6) is 0. The lowest BCUT2D eigenvalue weighted by Gasteiger charge is -1.97. The Bertz CT molecular complexity index is 206. The highest BCUT2D eigenvalue weighted by molar-refractivity contribution is 4.88. The molecule has 1 N–H and O–H groups in total. The van der Waals surface area contributed by atoms with Gasteiger partial charge in [-0.3, -0.25) is 0 Å². The van der Waals surface area contributed by atoms with Crippen LogP contribution in [-0.4, -0.2) is 11.7 Å². The maximum absolute atomic E-state index is 8.64. The third-order valence-corrected chi connectivity index (χ3v) is 3.34. The van der Waals surface area contributed by atoms with Gasteiger partial charge in [0.25, 0.3) is 0 Å². The maximum Gasteiger partial charge on any atom is 0.0431 e. The number of hydrogen-bond donors (Lipinski definition) is 1. The van der Waals surface area contributed by atoms with E-state index < -0.39 is 0 Å². The molecule has 0 saturated carbocycles. The first kappa shape index (κ1) is 18.4. The Hall–Kier alpha value is -0.560. The Balaban J connectivity index is 3.12. The molecule has 0 aromatic heterocycles. The van der Waals surface area contributed by atoms with Gasteiger partial charge < -0.3 is 5.11 Å². The first-order valence-electron chi connectivity index (χ1n) is 8.32. The van der Waals surface area contributed by atoms with E-state index in [1.807, 2.05) is 0 Å². The van der Waals surface area contributed by atoms with Gasteiger partial charge in [-0.25, -0.2) is 0 Å². The molecule has 0 aromatic rings. The Kier molecular flexibility index (Phi) is 16.9. The molecule has 0 amide bonds. The van der Waals surface area contributed by atoms with E-state index in [-0.39, 0.29) is 0 Å². The van der Waals surface area contributed by atoms with Crippen LogP contribution in [0.3, 0.4) is 0 Å². The average molecular weight is 266 g/mol. The van der Waals surface area contributed by atoms with Gasteiger partial charge in [-0.15, -0.1) is 0 Å². The van der Waals surface area contributed by atoms with Gasteiger partial charge in [0, 0.05) is 6.61 Å². The second kappa shape index (κ2) is 17.4. The summed E-state index contributed by atoms with van der Waals surface area (Å²) in [6.45, 7) is 2.60. The van der Waals surface area contributed by atoms with E-state index in [4.69, 9.17) is 5.11 Å². The molecule has 19 heavy (non-hydrogen) atoms. The zero-order valence-corrected chi connectivity index (χ0v) is 12.9. The molecule has 1 nitrogen and oxygen atoms in total. The van der Waals surface area contributed by atoms with E-state index in [1.54, 1.807) is 0 Å². The smallest absolute Gasteiger partial charge is 0.0431 e. The molecule has 0 rings (SSSR count). The molecule has 0 aliphatic heterocycles. The topological polar surface area (TPSA) is 20.2 Å². The predicted octanol–water partition coefficient (Wildman–Crippen LogP) is 5.79. The van der Waals surface area contributed by atoms with Crippen LogP contribution >= 0.6 is 0 Å². The van der Waals surface area contributed by atoms with Gasteiger partial charge in [-0.05, 0) is 44.9 Å². The van der Waals surface area contributed by atoms with Crippen molar-refractivity contribution in [2.24, 2.45) is 0 Å². The zero-order valence-electron chi connectivity index (χ0n) is 12.9. The maximum atomic E-state index is 8.64. The van der Waals surface area contributed by atoms with Gasteiger partial charge in [-0.2, -0.15) is 0 Å². The normalized spacial score (nSPS) is 11.9. The minimum atomic E-state index is 0.328. The molecule has 1 heteroatoms. The molecule has 0 radical (unpaired) electrons. The van der Waals surface area contributed by atoms with Crippen molar-refractivity contribution in [2.75, 3.05) is 6.61 Å². The number of allylic oxidation sites excluding steroid dienone is 4. The van der Waals surface area contributed by atoms with Crippen LogP contribution in [0.1, 0.15) is 84.0 Å². The molecule has 0 aliphatic carbocycles. The van der Waals surface area contributed by atoms with Gasteiger partial charge in [0.15, 0.2) is 0 Å². The molecular formula is C18H34O. The summed E-state index contributed by atoms with van der Waals surface area (Å²) in [6.07, 6.45) is 24.3. The third-order valence-electron chi connectivity index (χ3n) is 3.34. The van der Waals surface area contributed by atoms with Crippen LogP contribution in [0.2, 0.25) is 0 Å². The summed E-state index contributed by atoms with van der Waals surface area (Å²) in [6, 6.07) is 0. The predicted molar refractivity (Wildman–Crippen MR) is 86.4 cm³/mol. The standard InChI is InChI=1S/C18H34O/c1-2-3-4-5-6-7-8-9-10-11-12-13-14-15-16-17-18-19/h9-10,13-14,19H,2-8,11-12,15-18H2,1H3. The van der Waals surface area contributed by atoms with E-state index in [0.717, 1.165) is 25.7 Å². The highest BCUT2D eigenvalue weighted by atomic mass is 16.2. The summed E-state index contributed by atoms with van der Waals surface area (Å²) in [5, 5.41) is 8.64. The van der Waals surface area contributed by atoms with Crippen LogP contribution in [0.4, 0.5) is 0 Å². The molecule has 0 spiro atoms. The van der Waals surface area contributed by atoms with Crippen LogP contribution in [-0.2, 0) is 0 Å². The Labute approximate surface area is 120 Å². The molecule has 0 aliphatic rings. The van der Waals surface area contributed by atoms with Gasteiger partial charge in [0.1, 0.15) is 0 Å². The molecule has 0 aromatic carbocycles. The number of aliphatic hydroxyl groups is 1. The molecule has 112 valence electrons. The fourth-order valence-corrected chi connectivity index (χ4v) is 2.08. The van der Waals surface area contributed by atoms with Crippen LogP contribution < -0.4 is 0 Å². The van der Waals surface area contributed by atoms with Crippen molar-refractivity contribution in [3.63, 3.8) is 0 Å². The fraction of sp³-hybridized carbons (Fsp3) is 0.778. The van der Waals surface area contributed by atoms with Gasteiger partial charge in [0.05, 0.1) is 0 Å². The summed E-state index contributed by atoms with van der Waals surface area (Å²) in [7, 11) is 0.